The van der Waals surface area contributed by atoms with Gasteiger partial charge in [0.2, 0.25) is 0 Å². The van der Waals surface area contributed by atoms with Crippen LogP contribution in [-0.4, -0.2) is 30.8 Å². The molecule has 2 aliphatic carbocycles. The predicted octanol–water partition coefficient (Wildman–Crippen LogP) is 2.67. The minimum atomic E-state index is -0.560. The summed E-state index contributed by atoms with van der Waals surface area (Å²) in [4.78, 5) is 11.6. The first-order valence-corrected chi connectivity index (χ1v) is 7.65. The van der Waals surface area contributed by atoms with Gasteiger partial charge in [-0.15, -0.1) is 12.4 Å². The number of nitrogens with two attached hydrogens (primary N) is 1. The zero-order chi connectivity index (χ0) is 13.8. The average Bonchev–Trinajstić information content (AvgIpc) is 3.03. The van der Waals surface area contributed by atoms with Crippen molar-refractivity contribution in [1.82, 2.24) is 0 Å². The van der Waals surface area contributed by atoms with Crippen molar-refractivity contribution in [3.63, 3.8) is 0 Å². The maximum atomic E-state index is 11.6. The quantitative estimate of drug-likeness (QED) is 0.735. The first-order chi connectivity index (χ1) is 9.08. The minimum absolute atomic E-state index is 0. The van der Waals surface area contributed by atoms with Crippen molar-refractivity contribution in [1.29, 1.82) is 0 Å². The third kappa shape index (κ3) is 5.23. The molecule has 5 heteroatoms. The summed E-state index contributed by atoms with van der Waals surface area (Å²) in [6.07, 6.45) is 7.33. The number of hydrogen-bond donors (Lipinski definition) is 1. The van der Waals surface area contributed by atoms with Gasteiger partial charge < -0.3 is 15.2 Å². The van der Waals surface area contributed by atoms with E-state index in [1.54, 1.807) is 6.92 Å². The number of carbonyl (C=O) groups excluding carboxylic acids is 1. The SMILES string of the molecule is CC(N)C(=O)O[C@@H](C)[C@H](OCC1CC1)C1CCCC1.Cl. The lowest BCUT2D eigenvalue weighted by Crippen LogP contribution is -2.40. The van der Waals surface area contributed by atoms with E-state index >= 15 is 0 Å². The Bertz CT molecular complexity index is 301. The van der Waals surface area contributed by atoms with E-state index in [0.29, 0.717) is 5.92 Å². The summed E-state index contributed by atoms with van der Waals surface area (Å²) in [5.74, 6) is 0.945. The number of halogens is 1. The summed E-state index contributed by atoms with van der Waals surface area (Å²) in [7, 11) is 0. The molecule has 0 heterocycles. The molecule has 20 heavy (non-hydrogen) atoms. The fourth-order valence-corrected chi connectivity index (χ4v) is 2.83. The van der Waals surface area contributed by atoms with E-state index in [-0.39, 0.29) is 30.6 Å². The molecule has 0 spiro atoms. The summed E-state index contributed by atoms with van der Waals surface area (Å²) in [6, 6.07) is -0.560. The molecule has 2 saturated carbocycles. The normalized spacial score (nSPS) is 23.8. The van der Waals surface area contributed by atoms with Crippen LogP contribution in [-0.2, 0) is 14.3 Å². The lowest BCUT2D eigenvalue weighted by molar-refractivity contribution is -0.160. The molecular formula is C15H28ClNO3. The van der Waals surface area contributed by atoms with E-state index < -0.39 is 6.04 Å². The third-order valence-electron chi connectivity index (χ3n) is 4.22. The molecule has 3 atom stereocenters. The van der Waals surface area contributed by atoms with Crippen LogP contribution in [0.15, 0.2) is 0 Å². The highest BCUT2D eigenvalue weighted by atomic mass is 35.5. The topological polar surface area (TPSA) is 61.6 Å². The molecule has 0 aliphatic heterocycles. The van der Waals surface area contributed by atoms with Gasteiger partial charge in [-0.05, 0) is 51.4 Å². The summed E-state index contributed by atoms with van der Waals surface area (Å²) >= 11 is 0. The van der Waals surface area contributed by atoms with Gasteiger partial charge in [-0.3, -0.25) is 4.79 Å². The molecule has 2 fully saturated rings. The van der Waals surface area contributed by atoms with Gasteiger partial charge >= 0.3 is 5.97 Å². The van der Waals surface area contributed by atoms with Gasteiger partial charge in [-0.2, -0.15) is 0 Å². The molecule has 0 saturated heterocycles. The van der Waals surface area contributed by atoms with Crippen molar-refractivity contribution in [3.05, 3.63) is 0 Å². The molecule has 118 valence electrons. The maximum absolute atomic E-state index is 11.6. The summed E-state index contributed by atoms with van der Waals surface area (Å²) in [5, 5.41) is 0. The van der Waals surface area contributed by atoms with Gasteiger partial charge in [0.1, 0.15) is 12.1 Å². The standard InChI is InChI=1S/C15H27NO3.ClH/c1-10(16)15(17)19-11(2)14(13-5-3-4-6-13)18-9-12-7-8-12;/h10-14H,3-9,16H2,1-2H3;1H/t10?,11-,14-;/m0./s1. The van der Waals surface area contributed by atoms with Gasteiger partial charge in [0, 0.05) is 6.61 Å². The van der Waals surface area contributed by atoms with Gasteiger partial charge in [-0.1, -0.05) is 12.8 Å². The van der Waals surface area contributed by atoms with Crippen LogP contribution in [0.1, 0.15) is 52.4 Å². The lowest BCUT2D eigenvalue weighted by atomic mass is 9.96. The van der Waals surface area contributed by atoms with Crippen LogP contribution in [0.3, 0.4) is 0 Å². The number of rotatable bonds is 7. The largest absolute Gasteiger partial charge is 0.459 e. The van der Waals surface area contributed by atoms with Crippen molar-refractivity contribution < 1.29 is 14.3 Å². The van der Waals surface area contributed by atoms with E-state index in [4.69, 9.17) is 15.2 Å². The van der Waals surface area contributed by atoms with Crippen LogP contribution in [0, 0.1) is 11.8 Å². The Labute approximate surface area is 128 Å². The highest BCUT2D eigenvalue weighted by Gasteiger charge is 2.34. The average molecular weight is 306 g/mol. The Kier molecular flexibility index (Phi) is 7.27. The van der Waals surface area contributed by atoms with Crippen molar-refractivity contribution in [2.45, 2.75) is 70.6 Å². The first kappa shape index (κ1) is 17.7. The number of hydrogen-bond acceptors (Lipinski definition) is 4. The van der Waals surface area contributed by atoms with Gasteiger partial charge in [-0.25, -0.2) is 0 Å². The Morgan fingerprint density at radius 3 is 2.30 bits per heavy atom. The van der Waals surface area contributed by atoms with Gasteiger partial charge in [0.05, 0.1) is 6.10 Å². The van der Waals surface area contributed by atoms with E-state index in [1.165, 1.54) is 38.5 Å². The summed E-state index contributed by atoms with van der Waals surface area (Å²) in [5.41, 5.74) is 5.55. The molecule has 0 aromatic carbocycles. The molecule has 2 rings (SSSR count). The zero-order valence-corrected chi connectivity index (χ0v) is 13.4. The van der Waals surface area contributed by atoms with Crippen molar-refractivity contribution in [2.24, 2.45) is 17.6 Å². The van der Waals surface area contributed by atoms with E-state index in [0.717, 1.165) is 12.5 Å². The van der Waals surface area contributed by atoms with Crippen LogP contribution in [0.5, 0.6) is 0 Å². The second-order valence-electron chi connectivity index (χ2n) is 6.22. The second kappa shape index (κ2) is 8.20. The molecule has 0 radical (unpaired) electrons. The molecule has 1 unspecified atom stereocenters. The summed E-state index contributed by atoms with van der Waals surface area (Å²) in [6.45, 7) is 4.42. The molecule has 0 bridgehead atoms. The molecule has 0 amide bonds. The molecule has 0 aromatic heterocycles. The lowest BCUT2D eigenvalue weighted by Gasteiger charge is -2.29. The number of ether oxygens (including phenoxy) is 2. The fraction of sp³-hybridized carbons (Fsp3) is 0.933. The maximum Gasteiger partial charge on any atom is 0.322 e. The highest BCUT2D eigenvalue weighted by Crippen LogP contribution is 2.34. The minimum Gasteiger partial charge on any atom is -0.459 e. The number of esters is 1. The van der Waals surface area contributed by atoms with Crippen molar-refractivity contribution in [3.8, 4) is 0 Å². The van der Waals surface area contributed by atoms with Crippen LogP contribution in [0.25, 0.3) is 0 Å². The van der Waals surface area contributed by atoms with Crippen LogP contribution in [0.4, 0.5) is 0 Å². The van der Waals surface area contributed by atoms with E-state index in [9.17, 15) is 4.79 Å². The van der Waals surface area contributed by atoms with E-state index in [1.807, 2.05) is 6.92 Å². The van der Waals surface area contributed by atoms with Crippen LogP contribution < -0.4 is 5.73 Å². The molecule has 2 aliphatic rings. The smallest absolute Gasteiger partial charge is 0.322 e. The van der Waals surface area contributed by atoms with Crippen molar-refractivity contribution in [2.75, 3.05) is 6.61 Å². The fourth-order valence-electron chi connectivity index (χ4n) is 2.83. The Morgan fingerprint density at radius 2 is 1.80 bits per heavy atom. The number of carbonyl (C=O) groups is 1. The van der Waals surface area contributed by atoms with Gasteiger partial charge in [0.25, 0.3) is 0 Å². The van der Waals surface area contributed by atoms with Crippen LogP contribution >= 0.6 is 12.4 Å². The monoisotopic (exact) mass is 305 g/mol. The Balaban J connectivity index is 0.00000200. The molecule has 2 N–H and O–H groups in total. The predicted molar refractivity (Wildman–Crippen MR) is 80.9 cm³/mol. The summed E-state index contributed by atoms with van der Waals surface area (Å²) < 4.78 is 11.5. The van der Waals surface area contributed by atoms with Crippen LogP contribution in [0.2, 0.25) is 0 Å². The third-order valence-corrected chi connectivity index (χ3v) is 4.22. The molecular weight excluding hydrogens is 278 g/mol. The highest BCUT2D eigenvalue weighted by molar-refractivity contribution is 5.85. The second-order valence-corrected chi connectivity index (χ2v) is 6.22. The zero-order valence-electron chi connectivity index (χ0n) is 12.5. The molecule has 4 nitrogen and oxygen atoms in total. The Hall–Kier alpha value is -0.320. The Morgan fingerprint density at radius 1 is 1.20 bits per heavy atom. The van der Waals surface area contributed by atoms with E-state index in [2.05, 4.69) is 0 Å². The van der Waals surface area contributed by atoms with Crippen molar-refractivity contribution >= 4 is 18.4 Å². The van der Waals surface area contributed by atoms with Gasteiger partial charge in [0.15, 0.2) is 0 Å². The molecule has 0 aromatic rings. The first-order valence-electron chi connectivity index (χ1n) is 7.65.